The number of hydrogen-bond acceptors (Lipinski definition) is 4. The van der Waals surface area contributed by atoms with Crippen LogP contribution in [0.4, 0.5) is 5.69 Å². The maximum Gasteiger partial charge on any atom is 0.245 e. The monoisotopic (exact) mass is 352 g/mol. The Balaban J connectivity index is 1.54. The molecule has 2 heterocycles. The minimum atomic E-state index is -0.0549. The van der Waals surface area contributed by atoms with Crippen LogP contribution in [0.1, 0.15) is 18.4 Å². The molecule has 0 bridgehead atoms. The Bertz CT molecular complexity index is 724. The lowest BCUT2D eigenvalue weighted by Crippen LogP contribution is -2.52. The lowest BCUT2D eigenvalue weighted by atomic mass is 9.95. The molecule has 1 aromatic rings. The molecule has 6 nitrogen and oxygen atoms in total. The fourth-order valence-electron chi connectivity index (χ4n) is 3.75. The summed E-state index contributed by atoms with van der Waals surface area (Å²) in [5, 5.41) is 9.26. The van der Waals surface area contributed by atoms with E-state index in [9.17, 15) is 14.9 Å². The van der Waals surface area contributed by atoms with Crippen molar-refractivity contribution in [2.24, 2.45) is 5.92 Å². The van der Waals surface area contributed by atoms with E-state index in [1.54, 1.807) is 4.90 Å². The number of benzene rings is 1. The molecule has 0 N–H and O–H groups in total. The van der Waals surface area contributed by atoms with Crippen molar-refractivity contribution in [1.29, 1.82) is 5.26 Å². The molecule has 0 aromatic heterocycles. The van der Waals surface area contributed by atoms with Crippen molar-refractivity contribution in [1.82, 2.24) is 9.80 Å². The predicted octanol–water partition coefficient (Wildman–Crippen LogP) is 1.63. The van der Waals surface area contributed by atoms with E-state index in [0.29, 0.717) is 31.7 Å². The molecule has 0 radical (unpaired) electrons. The summed E-state index contributed by atoms with van der Waals surface area (Å²) < 4.78 is 0. The van der Waals surface area contributed by atoms with E-state index in [-0.39, 0.29) is 17.7 Å². The quantitative estimate of drug-likeness (QED) is 0.776. The van der Waals surface area contributed by atoms with Gasteiger partial charge in [0.25, 0.3) is 0 Å². The highest BCUT2D eigenvalue weighted by molar-refractivity contribution is 5.87. The van der Waals surface area contributed by atoms with E-state index in [1.807, 2.05) is 29.2 Å². The van der Waals surface area contributed by atoms with E-state index in [0.717, 1.165) is 31.6 Å². The van der Waals surface area contributed by atoms with Crippen LogP contribution in [0.15, 0.2) is 36.9 Å². The molecule has 0 unspecified atom stereocenters. The molecule has 1 aromatic carbocycles. The first-order valence-electron chi connectivity index (χ1n) is 9.08. The van der Waals surface area contributed by atoms with E-state index < -0.39 is 0 Å². The minimum absolute atomic E-state index is 0.00168. The van der Waals surface area contributed by atoms with Crippen molar-refractivity contribution in [2.75, 3.05) is 44.2 Å². The maximum absolute atomic E-state index is 12.8. The van der Waals surface area contributed by atoms with E-state index in [2.05, 4.69) is 17.5 Å². The standard InChI is InChI=1S/C20H24N4O2/c1-2-19(25)23-9-7-16(8-10-23)20(26)24-13-11-22(12-14-24)18-6-4-3-5-17(18)15-21/h2-6,16H,1,7-14H2. The Hall–Kier alpha value is -2.81. The number of para-hydroxylation sites is 1. The van der Waals surface area contributed by atoms with Gasteiger partial charge in [0.2, 0.25) is 11.8 Å². The summed E-state index contributed by atoms with van der Waals surface area (Å²) >= 11 is 0. The number of carbonyl (C=O) groups excluding carboxylic acids is 2. The second-order valence-electron chi connectivity index (χ2n) is 6.74. The maximum atomic E-state index is 12.8. The van der Waals surface area contributed by atoms with Crippen molar-refractivity contribution in [3.63, 3.8) is 0 Å². The van der Waals surface area contributed by atoms with Gasteiger partial charge in [-0.2, -0.15) is 5.26 Å². The average Bonchev–Trinajstić information content (AvgIpc) is 2.73. The molecule has 26 heavy (non-hydrogen) atoms. The van der Waals surface area contributed by atoms with Gasteiger partial charge >= 0.3 is 0 Å². The summed E-state index contributed by atoms with van der Waals surface area (Å²) in [7, 11) is 0. The molecular formula is C20H24N4O2. The third-order valence-electron chi connectivity index (χ3n) is 5.29. The SMILES string of the molecule is C=CC(=O)N1CCC(C(=O)N2CCN(c3ccccc3C#N)CC2)CC1. The number of nitriles is 1. The van der Waals surface area contributed by atoms with Crippen molar-refractivity contribution < 1.29 is 9.59 Å². The molecule has 0 atom stereocenters. The van der Waals surface area contributed by atoms with Gasteiger partial charge in [-0.25, -0.2) is 0 Å². The highest BCUT2D eigenvalue weighted by atomic mass is 16.2. The molecule has 6 heteroatoms. The molecule has 2 amide bonds. The summed E-state index contributed by atoms with van der Waals surface area (Å²) in [6, 6.07) is 9.82. The van der Waals surface area contributed by atoms with Crippen LogP contribution in [-0.4, -0.2) is 60.9 Å². The first-order chi connectivity index (χ1) is 12.6. The number of amides is 2. The van der Waals surface area contributed by atoms with Gasteiger partial charge in [-0.05, 0) is 31.1 Å². The smallest absolute Gasteiger partial charge is 0.245 e. The van der Waals surface area contributed by atoms with Crippen LogP contribution in [0.3, 0.4) is 0 Å². The Morgan fingerprint density at radius 3 is 2.31 bits per heavy atom. The van der Waals surface area contributed by atoms with Crippen LogP contribution < -0.4 is 4.90 Å². The van der Waals surface area contributed by atoms with Crippen LogP contribution in [-0.2, 0) is 9.59 Å². The van der Waals surface area contributed by atoms with Gasteiger partial charge in [-0.1, -0.05) is 18.7 Å². The number of rotatable bonds is 3. The first kappa shape index (κ1) is 18.0. The van der Waals surface area contributed by atoms with Crippen molar-refractivity contribution in [3.05, 3.63) is 42.5 Å². The van der Waals surface area contributed by atoms with Gasteiger partial charge in [-0.15, -0.1) is 0 Å². The van der Waals surface area contributed by atoms with Crippen molar-refractivity contribution in [2.45, 2.75) is 12.8 Å². The Morgan fingerprint density at radius 2 is 1.69 bits per heavy atom. The zero-order valence-corrected chi connectivity index (χ0v) is 14.9. The van der Waals surface area contributed by atoms with Crippen molar-refractivity contribution in [3.8, 4) is 6.07 Å². The van der Waals surface area contributed by atoms with E-state index >= 15 is 0 Å². The van der Waals surface area contributed by atoms with Crippen LogP contribution in [0, 0.1) is 17.2 Å². The molecule has 2 fully saturated rings. The average molecular weight is 352 g/mol. The topological polar surface area (TPSA) is 67.7 Å². The molecule has 0 spiro atoms. The third kappa shape index (κ3) is 3.72. The number of piperazine rings is 1. The Morgan fingerprint density at radius 1 is 1.04 bits per heavy atom. The van der Waals surface area contributed by atoms with Gasteiger partial charge in [0, 0.05) is 45.2 Å². The molecule has 136 valence electrons. The lowest BCUT2D eigenvalue weighted by molar-refractivity contribution is -0.139. The molecular weight excluding hydrogens is 328 g/mol. The number of piperidine rings is 1. The van der Waals surface area contributed by atoms with Crippen LogP contribution in [0.5, 0.6) is 0 Å². The van der Waals surface area contributed by atoms with Gasteiger partial charge < -0.3 is 14.7 Å². The molecule has 3 rings (SSSR count). The van der Waals surface area contributed by atoms with Crippen LogP contribution in [0.2, 0.25) is 0 Å². The highest BCUT2D eigenvalue weighted by Gasteiger charge is 2.31. The van der Waals surface area contributed by atoms with Gasteiger partial charge in [0.05, 0.1) is 11.3 Å². The summed E-state index contributed by atoms with van der Waals surface area (Å²) in [6.07, 6.45) is 2.77. The summed E-state index contributed by atoms with van der Waals surface area (Å²) in [6.45, 7) is 7.57. The molecule has 2 aliphatic heterocycles. The van der Waals surface area contributed by atoms with E-state index in [1.165, 1.54) is 6.08 Å². The predicted molar refractivity (Wildman–Crippen MR) is 99.5 cm³/mol. The second-order valence-corrected chi connectivity index (χ2v) is 6.74. The molecule has 0 aliphatic carbocycles. The Kier molecular flexibility index (Phi) is 5.57. The zero-order valence-electron chi connectivity index (χ0n) is 14.9. The van der Waals surface area contributed by atoms with E-state index in [4.69, 9.17) is 0 Å². The molecule has 2 aliphatic rings. The van der Waals surface area contributed by atoms with Crippen LogP contribution >= 0.6 is 0 Å². The first-order valence-corrected chi connectivity index (χ1v) is 9.08. The summed E-state index contributed by atoms with van der Waals surface area (Å²) in [4.78, 5) is 30.3. The zero-order chi connectivity index (χ0) is 18.5. The number of anilines is 1. The minimum Gasteiger partial charge on any atom is -0.367 e. The Labute approximate surface area is 154 Å². The lowest BCUT2D eigenvalue weighted by Gasteiger charge is -2.39. The molecule has 2 saturated heterocycles. The fraction of sp³-hybridized carbons (Fsp3) is 0.450. The third-order valence-corrected chi connectivity index (χ3v) is 5.29. The summed E-state index contributed by atoms with van der Waals surface area (Å²) in [5.41, 5.74) is 1.62. The van der Waals surface area contributed by atoms with Gasteiger partial charge in [0.1, 0.15) is 6.07 Å². The molecule has 0 saturated carbocycles. The van der Waals surface area contributed by atoms with Crippen LogP contribution in [0.25, 0.3) is 0 Å². The van der Waals surface area contributed by atoms with Gasteiger partial charge in [-0.3, -0.25) is 9.59 Å². The highest BCUT2D eigenvalue weighted by Crippen LogP contribution is 2.24. The number of hydrogen-bond donors (Lipinski definition) is 0. The second kappa shape index (κ2) is 8.05. The fourth-order valence-corrected chi connectivity index (χ4v) is 3.75. The summed E-state index contributed by atoms with van der Waals surface area (Å²) in [5.74, 6) is 0.145. The number of likely N-dealkylation sites (tertiary alicyclic amines) is 1. The van der Waals surface area contributed by atoms with Crippen molar-refractivity contribution >= 4 is 17.5 Å². The number of nitrogens with zero attached hydrogens (tertiary/aromatic N) is 4. The normalized spacial score (nSPS) is 18.3. The largest absolute Gasteiger partial charge is 0.367 e. The number of carbonyl (C=O) groups is 2. The van der Waals surface area contributed by atoms with Gasteiger partial charge in [0.15, 0.2) is 0 Å².